The molecule has 19 heavy (non-hydrogen) atoms. The van der Waals surface area contributed by atoms with Crippen LogP contribution < -0.4 is 10.1 Å². The Morgan fingerprint density at radius 1 is 1.21 bits per heavy atom. The summed E-state index contributed by atoms with van der Waals surface area (Å²) in [5.41, 5.74) is 2.42. The van der Waals surface area contributed by atoms with Gasteiger partial charge in [-0.2, -0.15) is 0 Å². The molecule has 1 aliphatic heterocycles. The summed E-state index contributed by atoms with van der Waals surface area (Å²) in [5.74, 6) is 2.93. The Hall–Kier alpha value is -1.74. The van der Waals surface area contributed by atoms with E-state index in [-0.39, 0.29) is 0 Å². The number of benzene rings is 1. The van der Waals surface area contributed by atoms with E-state index in [2.05, 4.69) is 30.4 Å². The molecule has 0 aliphatic carbocycles. The number of hydrogen-bond acceptors (Lipinski definition) is 3. The first kappa shape index (κ1) is 12.3. The van der Waals surface area contributed by atoms with Gasteiger partial charge in [0, 0.05) is 5.56 Å². The zero-order valence-corrected chi connectivity index (χ0v) is 11.2. The number of rotatable bonds is 4. The maximum absolute atomic E-state index is 5.86. The Kier molecular flexibility index (Phi) is 3.56. The highest BCUT2D eigenvalue weighted by Gasteiger charge is 2.12. The molecular formula is C16H19NO2. The molecule has 3 heteroatoms. The van der Waals surface area contributed by atoms with Gasteiger partial charge in [0.1, 0.15) is 17.3 Å². The van der Waals surface area contributed by atoms with Crippen LogP contribution in [-0.4, -0.2) is 13.2 Å². The SMILES string of the molecule is CCNCc1ccc(-c2ccc3c(c2)CCCO3)o1. The number of hydrogen-bond donors (Lipinski definition) is 1. The highest BCUT2D eigenvalue weighted by molar-refractivity contribution is 5.61. The predicted octanol–water partition coefficient (Wildman–Crippen LogP) is 3.38. The number of furan rings is 1. The molecule has 2 heterocycles. The van der Waals surface area contributed by atoms with E-state index in [1.807, 2.05) is 12.1 Å². The topological polar surface area (TPSA) is 34.4 Å². The van der Waals surface area contributed by atoms with Gasteiger partial charge in [0.15, 0.2) is 0 Å². The zero-order chi connectivity index (χ0) is 13.1. The van der Waals surface area contributed by atoms with Crippen LogP contribution in [0.1, 0.15) is 24.7 Å². The van der Waals surface area contributed by atoms with Crippen LogP contribution in [0.15, 0.2) is 34.7 Å². The Balaban J connectivity index is 1.83. The Morgan fingerprint density at radius 2 is 2.16 bits per heavy atom. The molecule has 0 fully saturated rings. The lowest BCUT2D eigenvalue weighted by atomic mass is 10.0. The normalized spacial score (nSPS) is 13.9. The number of aryl methyl sites for hydroxylation is 1. The van der Waals surface area contributed by atoms with Crippen molar-refractivity contribution in [2.45, 2.75) is 26.3 Å². The van der Waals surface area contributed by atoms with E-state index in [0.717, 1.165) is 55.4 Å². The van der Waals surface area contributed by atoms with Gasteiger partial charge in [-0.25, -0.2) is 0 Å². The van der Waals surface area contributed by atoms with Gasteiger partial charge in [-0.3, -0.25) is 0 Å². The maximum Gasteiger partial charge on any atom is 0.134 e. The van der Waals surface area contributed by atoms with Crippen molar-refractivity contribution in [1.82, 2.24) is 5.32 Å². The van der Waals surface area contributed by atoms with Gasteiger partial charge in [0.05, 0.1) is 13.2 Å². The van der Waals surface area contributed by atoms with Gasteiger partial charge >= 0.3 is 0 Å². The molecule has 0 atom stereocenters. The van der Waals surface area contributed by atoms with Crippen LogP contribution in [0.2, 0.25) is 0 Å². The minimum absolute atomic E-state index is 0.782. The first-order valence-electron chi connectivity index (χ1n) is 6.92. The second-order valence-corrected chi connectivity index (χ2v) is 4.82. The Labute approximate surface area is 113 Å². The van der Waals surface area contributed by atoms with Gasteiger partial charge in [-0.1, -0.05) is 6.92 Å². The van der Waals surface area contributed by atoms with Crippen molar-refractivity contribution in [3.05, 3.63) is 41.7 Å². The molecule has 2 aromatic rings. The van der Waals surface area contributed by atoms with Crippen molar-refractivity contribution in [2.75, 3.05) is 13.2 Å². The van der Waals surface area contributed by atoms with Crippen LogP contribution in [0.4, 0.5) is 0 Å². The lowest BCUT2D eigenvalue weighted by Crippen LogP contribution is -2.10. The van der Waals surface area contributed by atoms with E-state index in [1.165, 1.54) is 5.56 Å². The lowest BCUT2D eigenvalue weighted by molar-refractivity contribution is 0.288. The van der Waals surface area contributed by atoms with E-state index in [1.54, 1.807) is 0 Å². The average molecular weight is 257 g/mol. The third-order valence-electron chi connectivity index (χ3n) is 3.40. The lowest BCUT2D eigenvalue weighted by Gasteiger charge is -2.17. The van der Waals surface area contributed by atoms with E-state index in [0.29, 0.717) is 0 Å². The van der Waals surface area contributed by atoms with Crippen LogP contribution in [0, 0.1) is 0 Å². The fourth-order valence-electron chi connectivity index (χ4n) is 2.39. The maximum atomic E-state index is 5.86. The molecule has 0 saturated heterocycles. The summed E-state index contributed by atoms with van der Waals surface area (Å²) < 4.78 is 11.5. The Bertz CT molecular complexity index is 560. The van der Waals surface area contributed by atoms with Crippen molar-refractivity contribution in [3.63, 3.8) is 0 Å². The highest BCUT2D eigenvalue weighted by atomic mass is 16.5. The van der Waals surface area contributed by atoms with Crippen molar-refractivity contribution >= 4 is 0 Å². The van der Waals surface area contributed by atoms with Crippen LogP contribution >= 0.6 is 0 Å². The summed E-state index contributed by atoms with van der Waals surface area (Å²) in [7, 11) is 0. The first-order valence-corrected chi connectivity index (χ1v) is 6.92. The van der Waals surface area contributed by atoms with Gasteiger partial charge in [0.2, 0.25) is 0 Å². The van der Waals surface area contributed by atoms with Crippen LogP contribution in [0.3, 0.4) is 0 Å². The summed E-state index contributed by atoms with van der Waals surface area (Å²) in [6.07, 6.45) is 2.19. The first-order chi connectivity index (χ1) is 9.36. The highest BCUT2D eigenvalue weighted by Crippen LogP contribution is 2.30. The van der Waals surface area contributed by atoms with Crippen LogP contribution in [0.5, 0.6) is 5.75 Å². The molecular weight excluding hydrogens is 238 g/mol. The predicted molar refractivity (Wildman–Crippen MR) is 75.3 cm³/mol. The van der Waals surface area contributed by atoms with Gasteiger partial charge in [-0.05, 0) is 55.3 Å². The van der Waals surface area contributed by atoms with E-state index in [4.69, 9.17) is 9.15 Å². The van der Waals surface area contributed by atoms with E-state index < -0.39 is 0 Å². The zero-order valence-electron chi connectivity index (χ0n) is 11.2. The quantitative estimate of drug-likeness (QED) is 0.911. The Morgan fingerprint density at radius 3 is 3.05 bits per heavy atom. The second kappa shape index (κ2) is 5.49. The molecule has 0 saturated carbocycles. The van der Waals surface area contributed by atoms with Crippen LogP contribution in [0.25, 0.3) is 11.3 Å². The molecule has 1 aromatic heterocycles. The monoisotopic (exact) mass is 257 g/mol. The third-order valence-corrected chi connectivity index (χ3v) is 3.40. The summed E-state index contributed by atoms with van der Waals surface area (Å²) in [6, 6.07) is 10.4. The van der Waals surface area contributed by atoms with Crippen molar-refractivity contribution in [2.24, 2.45) is 0 Å². The molecule has 100 valence electrons. The minimum Gasteiger partial charge on any atom is -0.493 e. The smallest absolute Gasteiger partial charge is 0.134 e. The molecule has 1 N–H and O–H groups in total. The fourth-order valence-corrected chi connectivity index (χ4v) is 2.39. The molecule has 0 radical (unpaired) electrons. The van der Waals surface area contributed by atoms with Crippen molar-refractivity contribution in [3.8, 4) is 17.1 Å². The molecule has 1 aliphatic rings. The molecule has 0 bridgehead atoms. The average Bonchev–Trinajstić information content (AvgIpc) is 2.93. The summed E-state index contributed by atoms with van der Waals surface area (Å²) >= 11 is 0. The molecule has 0 unspecified atom stereocenters. The molecule has 3 rings (SSSR count). The number of fused-ring (bicyclic) bond motifs is 1. The number of ether oxygens (including phenoxy) is 1. The molecule has 1 aromatic carbocycles. The summed E-state index contributed by atoms with van der Waals surface area (Å²) in [4.78, 5) is 0. The standard InChI is InChI=1S/C16H19NO2/c1-2-17-11-14-6-8-16(19-14)13-5-7-15-12(10-13)4-3-9-18-15/h5-8,10,17H,2-4,9,11H2,1H3. The largest absolute Gasteiger partial charge is 0.493 e. The fraction of sp³-hybridized carbons (Fsp3) is 0.375. The molecule has 0 spiro atoms. The van der Waals surface area contributed by atoms with Crippen molar-refractivity contribution < 1.29 is 9.15 Å². The van der Waals surface area contributed by atoms with Gasteiger partial charge < -0.3 is 14.5 Å². The van der Waals surface area contributed by atoms with Crippen molar-refractivity contribution in [1.29, 1.82) is 0 Å². The number of nitrogens with one attached hydrogen (secondary N) is 1. The second-order valence-electron chi connectivity index (χ2n) is 4.82. The summed E-state index contributed by atoms with van der Waals surface area (Å²) in [6.45, 7) is 4.66. The van der Waals surface area contributed by atoms with E-state index >= 15 is 0 Å². The molecule has 0 amide bonds. The van der Waals surface area contributed by atoms with E-state index in [9.17, 15) is 0 Å². The molecule has 3 nitrogen and oxygen atoms in total. The summed E-state index contributed by atoms with van der Waals surface area (Å²) in [5, 5.41) is 3.27. The minimum atomic E-state index is 0.782. The van der Waals surface area contributed by atoms with Gasteiger partial charge in [0.25, 0.3) is 0 Å². The van der Waals surface area contributed by atoms with Crippen LogP contribution in [-0.2, 0) is 13.0 Å². The van der Waals surface area contributed by atoms with Gasteiger partial charge in [-0.15, -0.1) is 0 Å². The third kappa shape index (κ3) is 2.66.